The van der Waals surface area contributed by atoms with Crippen LogP contribution in [0.2, 0.25) is 5.02 Å². The van der Waals surface area contributed by atoms with Gasteiger partial charge in [-0.05, 0) is 36.2 Å². The minimum atomic E-state index is -0.511. The molecule has 0 aliphatic carbocycles. The first-order valence-corrected chi connectivity index (χ1v) is 5.90. The zero-order valence-corrected chi connectivity index (χ0v) is 10.7. The quantitative estimate of drug-likeness (QED) is 0.835. The van der Waals surface area contributed by atoms with Crippen molar-refractivity contribution in [1.29, 1.82) is 0 Å². The van der Waals surface area contributed by atoms with Crippen LogP contribution in [0.25, 0.3) is 0 Å². The third-order valence-electron chi connectivity index (χ3n) is 2.78. The van der Waals surface area contributed by atoms with E-state index in [-0.39, 0.29) is 5.75 Å². The molecule has 2 rings (SSSR count). The van der Waals surface area contributed by atoms with Crippen molar-refractivity contribution in [2.75, 3.05) is 0 Å². The molecule has 0 radical (unpaired) electrons. The molecule has 0 saturated heterocycles. The van der Waals surface area contributed by atoms with Gasteiger partial charge in [0.25, 0.3) is 0 Å². The number of halogens is 1. The van der Waals surface area contributed by atoms with E-state index in [1.54, 1.807) is 24.3 Å². The van der Waals surface area contributed by atoms with Crippen LogP contribution in [-0.4, -0.2) is 5.11 Å². The summed E-state index contributed by atoms with van der Waals surface area (Å²) in [5.74, 6) is 5.50. The van der Waals surface area contributed by atoms with Gasteiger partial charge in [-0.25, -0.2) is 5.90 Å². The summed E-state index contributed by atoms with van der Waals surface area (Å²) < 4.78 is 0. The highest BCUT2D eigenvalue weighted by molar-refractivity contribution is 6.30. The highest BCUT2D eigenvalue weighted by Crippen LogP contribution is 2.32. The second-order valence-corrected chi connectivity index (χ2v) is 4.57. The first kappa shape index (κ1) is 12.9. The van der Waals surface area contributed by atoms with Crippen LogP contribution in [0.1, 0.15) is 22.8 Å². The molecule has 0 fully saturated rings. The lowest BCUT2D eigenvalue weighted by atomic mass is 9.99. The second kappa shape index (κ2) is 5.40. The standard InChI is InChI=1S/C14H14ClNO2/c1-9-2-7-12(13(17)8-9)14(18-16)10-3-5-11(15)6-4-10/h2-8,14,17H,16H2,1H3. The van der Waals surface area contributed by atoms with E-state index in [4.69, 9.17) is 22.3 Å². The van der Waals surface area contributed by atoms with Gasteiger partial charge in [0.05, 0.1) is 0 Å². The molecule has 0 bridgehead atoms. The molecule has 0 aromatic heterocycles. The summed E-state index contributed by atoms with van der Waals surface area (Å²) in [7, 11) is 0. The fourth-order valence-corrected chi connectivity index (χ4v) is 1.97. The molecule has 2 aromatic rings. The monoisotopic (exact) mass is 263 g/mol. The molecule has 0 amide bonds. The lowest BCUT2D eigenvalue weighted by Crippen LogP contribution is -2.11. The first-order chi connectivity index (χ1) is 8.61. The van der Waals surface area contributed by atoms with Crippen molar-refractivity contribution in [2.45, 2.75) is 13.0 Å². The summed E-state index contributed by atoms with van der Waals surface area (Å²) in [6.45, 7) is 1.91. The Morgan fingerprint density at radius 3 is 2.39 bits per heavy atom. The van der Waals surface area contributed by atoms with E-state index in [1.807, 2.05) is 25.1 Å². The Hall–Kier alpha value is -1.55. The van der Waals surface area contributed by atoms with Crippen LogP contribution < -0.4 is 5.90 Å². The van der Waals surface area contributed by atoms with Crippen molar-refractivity contribution in [3.63, 3.8) is 0 Å². The van der Waals surface area contributed by atoms with E-state index in [2.05, 4.69) is 0 Å². The third-order valence-corrected chi connectivity index (χ3v) is 3.03. The molecule has 0 saturated carbocycles. The molecule has 0 spiro atoms. The van der Waals surface area contributed by atoms with Gasteiger partial charge in [-0.1, -0.05) is 35.9 Å². The molecule has 0 aliphatic heterocycles. The third kappa shape index (κ3) is 2.64. The van der Waals surface area contributed by atoms with E-state index in [0.29, 0.717) is 10.6 Å². The zero-order valence-electron chi connectivity index (χ0n) is 9.93. The van der Waals surface area contributed by atoms with Crippen LogP contribution >= 0.6 is 11.6 Å². The van der Waals surface area contributed by atoms with E-state index < -0.39 is 6.10 Å². The lowest BCUT2D eigenvalue weighted by Gasteiger charge is -2.17. The molecule has 18 heavy (non-hydrogen) atoms. The lowest BCUT2D eigenvalue weighted by molar-refractivity contribution is 0.0795. The van der Waals surface area contributed by atoms with Crippen molar-refractivity contribution < 1.29 is 9.94 Å². The Bertz CT molecular complexity index is 540. The van der Waals surface area contributed by atoms with Crippen LogP contribution in [0.3, 0.4) is 0 Å². The maximum absolute atomic E-state index is 9.95. The van der Waals surface area contributed by atoms with E-state index in [9.17, 15) is 5.11 Å². The topological polar surface area (TPSA) is 55.5 Å². The summed E-state index contributed by atoms with van der Waals surface area (Å²) in [5, 5.41) is 10.6. The molecule has 2 aromatic carbocycles. The van der Waals surface area contributed by atoms with Gasteiger partial charge in [0, 0.05) is 10.6 Å². The van der Waals surface area contributed by atoms with Crippen molar-refractivity contribution >= 4 is 11.6 Å². The predicted octanol–water partition coefficient (Wildman–Crippen LogP) is 3.33. The number of nitrogens with two attached hydrogens (primary N) is 1. The van der Waals surface area contributed by atoms with Crippen LogP contribution in [0.5, 0.6) is 5.75 Å². The average Bonchev–Trinajstić information content (AvgIpc) is 2.35. The van der Waals surface area contributed by atoms with Crippen molar-refractivity contribution in [1.82, 2.24) is 0 Å². The van der Waals surface area contributed by atoms with E-state index in [0.717, 1.165) is 11.1 Å². The molecule has 4 heteroatoms. The number of benzene rings is 2. The van der Waals surface area contributed by atoms with Gasteiger partial charge < -0.3 is 5.11 Å². The second-order valence-electron chi connectivity index (χ2n) is 4.13. The summed E-state index contributed by atoms with van der Waals surface area (Å²) in [6.07, 6.45) is -0.511. The molecule has 1 atom stereocenters. The van der Waals surface area contributed by atoms with Gasteiger partial charge in [0.1, 0.15) is 11.9 Å². The van der Waals surface area contributed by atoms with Gasteiger partial charge in [0.15, 0.2) is 0 Å². The van der Waals surface area contributed by atoms with E-state index >= 15 is 0 Å². The minimum absolute atomic E-state index is 0.167. The Morgan fingerprint density at radius 1 is 1.17 bits per heavy atom. The molecular weight excluding hydrogens is 250 g/mol. The van der Waals surface area contributed by atoms with E-state index in [1.165, 1.54) is 0 Å². The molecule has 0 heterocycles. The van der Waals surface area contributed by atoms with Gasteiger partial charge in [-0.15, -0.1) is 0 Å². The van der Waals surface area contributed by atoms with Gasteiger partial charge in [-0.3, -0.25) is 4.84 Å². The largest absolute Gasteiger partial charge is 0.508 e. The molecular formula is C14H14ClNO2. The van der Waals surface area contributed by atoms with Gasteiger partial charge >= 0.3 is 0 Å². The molecule has 1 unspecified atom stereocenters. The number of rotatable bonds is 3. The van der Waals surface area contributed by atoms with Crippen LogP contribution in [0.15, 0.2) is 42.5 Å². The van der Waals surface area contributed by atoms with Crippen molar-refractivity contribution in [3.05, 3.63) is 64.2 Å². The summed E-state index contributed by atoms with van der Waals surface area (Å²) in [5.41, 5.74) is 2.44. The predicted molar refractivity (Wildman–Crippen MR) is 71.4 cm³/mol. The van der Waals surface area contributed by atoms with Crippen LogP contribution in [-0.2, 0) is 4.84 Å². The first-order valence-electron chi connectivity index (χ1n) is 5.52. The smallest absolute Gasteiger partial charge is 0.132 e. The zero-order chi connectivity index (χ0) is 13.1. The maximum Gasteiger partial charge on any atom is 0.132 e. The Morgan fingerprint density at radius 2 is 1.83 bits per heavy atom. The Balaban J connectivity index is 2.41. The number of phenols is 1. The normalized spacial score (nSPS) is 12.4. The number of hydrogen-bond acceptors (Lipinski definition) is 3. The van der Waals surface area contributed by atoms with Crippen LogP contribution in [0.4, 0.5) is 0 Å². The Labute approximate surface area is 111 Å². The SMILES string of the molecule is Cc1ccc(C(ON)c2ccc(Cl)cc2)c(O)c1. The Kier molecular flexibility index (Phi) is 3.87. The number of hydrogen-bond donors (Lipinski definition) is 2. The summed E-state index contributed by atoms with van der Waals surface area (Å²) in [6, 6.07) is 12.5. The van der Waals surface area contributed by atoms with Gasteiger partial charge in [-0.2, -0.15) is 0 Å². The maximum atomic E-state index is 9.95. The molecule has 3 nitrogen and oxygen atoms in total. The minimum Gasteiger partial charge on any atom is -0.508 e. The number of aryl methyl sites for hydroxylation is 1. The molecule has 0 aliphatic rings. The van der Waals surface area contributed by atoms with Crippen molar-refractivity contribution in [2.24, 2.45) is 5.90 Å². The highest BCUT2D eigenvalue weighted by Gasteiger charge is 2.17. The van der Waals surface area contributed by atoms with Gasteiger partial charge in [0.2, 0.25) is 0 Å². The van der Waals surface area contributed by atoms with Crippen molar-refractivity contribution in [3.8, 4) is 5.75 Å². The number of phenolic OH excluding ortho intramolecular Hbond substituents is 1. The fourth-order valence-electron chi connectivity index (χ4n) is 1.84. The highest BCUT2D eigenvalue weighted by atomic mass is 35.5. The fraction of sp³-hybridized carbons (Fsp3) is 0.143. The average molecular weight is 264 g/mol. The summed E-state index contributed by atoms with van der Waals surface area (Å²) >= 11 is 5.84. The summed E-state index contributed by atoms with van der Waals surface area (Å²) in [4.78, 5) is 4.98. The molecule has 94 valence electrons. The molecule has 3 N–H and O–H groups in total. The van der Waals surface area contributed by atoms with Crippen LogP contribution in [0, 0.1) is 6.92 Å². The number of aromatic hydroxyl groups is 1.